The van der Waals surface area contributed by atoms with E-state index in [1.54, 1.807) is 13.8 Å². The quantitative estimate of drug-likeness (QED) is 0.381. The first-order chi connectivity index (χ1) is 12.0. The van der Waals surface area contributed by atoms with Gasteiger partial charge in [0, 0.05) is 12.8 Å². The smallest absolute Gasteiger partial charge is 0.308 e. The summed E-state index contributed by atoms with van der Waals surface area (Å²) in [6.07, 6.45) is -1.33. The molecule has 0 aliphatic heterocycles. The molecule has 0 saturated carbocycles. The van der Waals surface area contributed by atoms with E-state index in [2.05, 4.69) is 0 Å². The predicted octanol–water partition coefficient (Wildman–Crippen LogP) is -0.0421. The minimum Gasteiger partial charge on any atom is -0.466 e. The molecule has 0 amide bonds. The summed E-state index contributed by atoms with van der Waals surface area (Å²) in [6.45, 7) is 8.73. The minimum atomic E-state index is -0.663. The Morgan fingerprint density at radius 3 is 1.15 bits per heavy atom. The second-order valence-corrected chi connectivity index (χ2v) is 5.82. The summed E-state index contributed by atoms with van der Waals surface area (Å²) < 4.78 is 9.41. The highest BCUT2D eigenvalue weighted by Gasteiger charge is 2.08. The number of rotatable bonds is 10. The second-order valence-electron chi connectivity index (χ2n) is 5.82. The summed E-state index contributed by atoms with van der Waals surface area (Å²) in [7, 11) is 0. The Bertz CT molecular complexity index is 309. The molecular weight excluding hydrogens is 348 g/mol. The van der Waals surface area contributed by atoms with Crippen LogP contribution in [-0.4, -0.2) is 76.8 Å². The Morgan fingerprint density at radius 1 is 0.692 bits per heavy atom. The van der Waals surface area contributed by atoms with Crippen LogP contribution < -0.4 is 0 Å². The Balaban J connectivity index is -0.000000371. The average molecular weight is 382 g/mol. The van der Waals surface area contributed by atoms with Crippen molar-refractivity contribution in [1.29, 1.82) is 0 Å². The molecule has 0 saturated heterocycles. The van der Waals surface area contributed by atoms with E-state index >= 15 is 0 Å². The molecule has 0 aromatic heterocycles. The third-order valence-electron chi connectivity index (χ3n) is 2.52. The summed E-state index contributed by atoms with van der Waals surface area (Å²) in [6, 6.07) is 0. The Morgan fingerprint density at radius 2 is 0.962 bits per heavy atom. The summed E-state index contributed by atoms with van der Waals surface area (Å²) in [5.74, 6) is -0.851. The normalized spacial score (nSPS) is 14.3. The van der Waals surface area contributed by atoms with Gasteiger partial charge >= 0.3 is 11.9 Å². The molecule has 0 unspecified atom stereocenters. The molecule has 0 aliphatic carbocycles. The molecule has 0 fully saturated rings. The standard InChI is InChI=1S/2C8H16O4.CH2O/c2*1-6(9)3-4-12-8(11)5-7(2)10;1-2/h2*6-7,9-10H,3-5H2,1-2H3;1H2/t2*6-,7-;/m11./s1. The van der Waals surface area contributed by atoms with Crippen LogP contribution in [0.25, 0.3) is 0 Å². The number of hydrogen-bond donors (Lipinski definition) is 4. The Hall–Kier alpha value is -1.55. The largest absolute Gasteiger partial charge is 0.466 e. The SMILES string of the molecule is C=O.C[C@@H](O)CCOC(=O)C[C@@H](C)O.C[C@@H](O)CCOC(=O)C[C@@H](C)O. The monoisotopic (exact) mass is 382 g/mol. The fraction of sp³-hybridized carbons (Fsp3) is 0.824. The maximum Gasteiger partial charge on any atom is 0.308 e. The van der Waals surface area contributed by atoms with E-state index in [0.29, 0.717) is 12.8 Å². The maximum atomic E-state index is 10.8. The molecule has 0 spiro atoms. The van der Waals surface area contributed by atoms with E-state index in [1.807, 2.05) is 6.79 Å². The van der Waals surface area contributed by atoms with Gasteiger partial charge in [0.2, 0.25) is 0 Å². The van der Waals surface area contributed by atoms with Gasteiger partial charge in [-0.05, 0) is 27.7 Å². The lowest BCUT2D eigenvalue weighted by molar-refractivity contribution is -0.147. The molecule has 0 bridgehead atoms. The van der Waals surface area contributed by atoms with E-state index in [9.17, 15) is 9.59 Å². The summed E-state index contributed by atoms with van der Waals surface area (Å²) >= 11 is 0. The van der Waals surface area contributed by atoms with Crippen LogP contribution in [0.15, 0.2) is 0 Å². The van der Waals surface area contributed by atoms with Crippen LogP contribution in [0.2, 0.25) is 0 Å². The zero-order valence-electron chi connectivity index (χ0n) is 16.1. The maximum absolute atomic E-state index is 10.8. The highest BCUT2D eigenvalue weighted by molar-refractivity contribution is 5.70. The average Bonchev–Trinajstić information content (AvgIpc) is 2.47. The molecule has 4 atom stereocenters. The molecule has 0 rings (SSSR count). The molecule has 156 valence electrons. The van der Waals surface area contributed by atoms with Gasteiger partial charge in [0.15, 0.2) is 0 Å². The molecule has 0 aliphatic rings. The molecule has 0 radical (unpaired) electrons. The fourth-order valence-corrected chi connectivity index (χ4v) is 1.29. The summed E-state index contributed by atoms with van der Waals surface area (Å²) in [4.78, 5) is 29.5. The van der Waals surface area contributed by atoms with Crippen LogP contribution in [0.3, 0.4) is 0 Å². The van der Waals surface area contributed by atoms with Crippen LogP contribution in [0, 0.1) is 0 Å². The van der Waals surface area contributed by atoms with Gasteiger partial charge in [-0.3, -0.25) is 9.59 Å². The van der Waals surface area contributed by atoms with E-state index in [-0.39, 0.29) is 26.1 Å². The molecule has 26 heavy (non-hydrogen) atoms. The van der Waals surface area contributed by atoms with Gasteiger partial charge in [-0.1, -0.05) is 0 Å². The zero-order valence-corrected chi connectivity index (χ0v) is 16.1. The van der Waals surface area contributed by atoms with Crippen molar-refractivity contribution in [2.45, 2.75) is 77.8 Å². The van der Waals surface area contributed by atoms with Crippen molar-refractivity contribution in [1.82, 2.24) is 0 Å². The summed E-state index contributed by atoms with van der Waals surface area (Å²) in [5, 5.41) is 35.2. The third-order valence-corrected chi connectivity index (χ3v) is 2.52. The number of carbonyl (C=O) groups excluding carboxylic acids is 3. The van der Waals surface area contributed by atoms with Gasteiger partial charge in [0.1, 0.15) is 6.79 Å². The Labute approximate surface area is 154 Å². The lowest BCUT2D eigenvalue weighted by Crippen LogP contribution is -2.15. The van der Waals surface area contributed by atoms with Crippen molar-refractivity contribution in [3.8, 4) is 0 Å². The first-order valence-electron chi connectivity index (χ1n) is 8.36. The number of esters is 2. The number of carbonyl (C=O) groups is 3. The van der Waals surface area contributed by atoms with Gasteiger partial charge in [0.05, 0.1) is 50.5 Å². The van der Waals surface area contributed by atoms with Crippen molar-refractivity contribution < 1.29 is 44.3 Å². The van der Waals surface area contributed by atoms with Crippen molar-refractivity contribution in [3.05, 3.63) is 0 Å². The topological polar surface area (TPSA) is 151 Å². The molecular formula is C17H34O9. The molecule has 0 heterocycles. The molecule has 4 N–H and O–H groups in total. The van der Waals surface area contributed by atoms with Crippen molar-refractivity contribution in [3.63, 3.8) is 0 Å². The van der Waals surface area contributed by atoms with E-state index in [4.69, 9.17) is 34.7 Å². The van der Waals surface area contributed by atoms with Crippen molar-refractivity contribution in [2.24, 2.45) is 0 Å². The first-order valence-corrected chi connectivity index (χ1v) is 8.36. The van der Waals surface area contributed by atoms with E-state index < -0.39 is 36.4 Å². The fourth-order valence-electron chi connectivity index (χ4n) is 1.29. The summed E-state index contributed by atoms with van der Waals surface area (Å²) in [5.41, 5.74) is 0. The lowest BCUT2D eigenvalue weighted by Gasteiger charge is -2.07. The van der Waals surface area contributed by atoms with E-state index in [0.717, 1.165) is 0 Å². The molecule has 0 aromatic carbocycles. The van der Waals surface area contributed by atoms with Gasteiger partial charge in [-0.25, -0.2) is 0 Å². The van der Waals surface area contributed by atoms with Gasteiger partial charge in [-0.15, -0.1) is 0 Å². The Kier molecular flexibility index (Phi) is 22.2. The van der Waals surface area contributed by atoms with Gasteiger partial charge in [0.25, 0.3) is 0 Å². The number of hydrogen-bond acceptors (Lipinski definition) is 9. The van der Waals surface area contributed by atoms with Crippen molar-refractivity contribution in [2.75, 3.05) is 13.2 Å². The second kappa shape index (κ2) is 19.8. The number of aliphatic hydroxyl groups is 4. The van der Waals surface area contributed by atoms with E-state index in [1.165, 1.54) is 13.8 Å². The zero-order chi connectivity index (χ0) is 21.1. The van der Waals surface area contributed by atoms with Crippen LogP contribution in [-0.2, 0) is 23.9 Å². The predicted molar refractivity (Wildman–Crippen MR) is 94.2 cm³/mol. The van der Waals surface area contributed by atoms with Crippen molar-refractivity contribution >= 4 is 18.7 Å². The van der Waals surface area contributed by atoms with Crippen LogP contribution in [0.4, 0.5) is 0 Å². The number of ether oxygens (including phenoxy) is 2. The lowest BCUT2D eigenvalue weighted by atomic mass is 10.3. The molecule has 9 heteroatoms. The molecule has 0 aromatic rings. The minimum absolute atomic E-state index is 0.0137. The first kappa shape index (κ1) is 29.2. The van der Waals surface area contributed by atoms with Gasteiger partial charge < -0.3 is 34.7 Å². The van der Waals surface area contributed by atoms with Crippen LogP contribution in [0.5, 0.6) is 0 Å². The molecule has 9 nitrogen and oxygen atoms in total. The van der Waals surface area contributed by atoms with Crippen LogP contribution in [0.1, 0.15) is 53.4 Å². The number of aliphatic hydroxyl groups excluding tert-OH is 4. The highest BCUT2D eigenvalue weighted by atomic mass is 16.5. The van der Waals surface area contributed by atoms with Crippen LogP contribution >= 0.6 is 0 Å². The highest BCUT2D eigenvalue weighted by Crippen LogP contribution is 1.97. The third kappa shape index (κ3) is 30.3. The van der Waals surface area contributed by atoms with Gasteiger partial charge in [-0.2, -0.15) is 0 Å².